The molecule has 21 heavy (non-hydrogen) atoms. The Balaban J connectivity index is 1.83. The summed E-state index contributed by atoms with van der Waals surface area (Å²) in [5.74, 6) is 0.759. The van der Waals surface area contributed by atoms with E-state index in [0.29, 0.717) is 0 Å². The Labute approximate surface area is 121 Å². The maximum Gasteiger partial charge on any atom is 0.134 e. The first-order chi connectivity index (χ1) is 10.2. The molecular weight excluding hydrogens is 262 g/mol. The van der Waals surface area contributed by atoms with Crippen molar-refractivity contribution in [1.29, 1.82) is 0 Å². The lowest BCUT2D eigenvalue weighted by Gasteiger charge is -2.06. The van der Waals surface area contributed by atoms with Crippen molar-refractivity contribution < 1.29 is 4.42 Å². The number of hydrogen-bond donors (Lipinski definition) is 1. The molecule has 0 spiro atoms. The second-order valence-corrected chi connectivity index (χ2v) is 5.30. The molecule has 1 aromatic carbocycles. The van der Waals surface area contributed by atoms with Crippen molar-refractivity contribution in [2.24, 2.45) is 5.73 Å². The van der Waals surface area contributed by atoms with Crippen LogP contribution in [-0.2, 0) is 0 Å². The first kappa shape index (κ1) is 12.2. The minimum atomic E-state index is -0.322. The van der Waals surface area contributed by atoms with E-state index in [4.69, 9.17) is 10.2 Å². The van der Waals surface area contributed by atoms with E-state index in [-0.39, 0.29) is 6.04 Å². The molecule has 0 saturated carbocycles. The second-order valence-electron chi connectivity index (χ2n) is 5.30. The molecular formula is C17H15N3O. The number of benzene rings is 1. The lowest BCUT2D eigenvalue weighted by atomic mass is 10.1. The van der Waals surface area contributed by atoms with E-state index in [0.717, 1.165) is 27.8 Å². The lowest BCUT2D eigenvalue weighted by Crippen LogP contribution is -2.10. The molecule has 4 heteroatoms. The number of pyridine rings is 1. The van der Waals surface area contributed by atoms with Crippen LogP contribution in [0.5, 0.6) is 0 Å². The van der Waals surface area contributed by atoms with Crippen LogP contribution in [0.1, 0.15) is 22.9 Å². The van der Waals surface area contributed by atoms with E-state index >= 15 is 0 Å². The van der Waals surface area contributed by atoms with Crippen molar-refractivity contribution in [3.63, 3.8) is 0 Å². The topological polar surface area (TPSA) is 56.5 Å². The van der Waals surface area contributed by atoms with Gasteiger partial charge in [-0.05, 0) is 37.3 Å². The summed E-state index contributed by atoms with van der Waals surface area (Å²) < 4.78 is 7.72. The number of fused-ring (bicyclic) bond motifs is 2. The molecule has 0 amide bonds. The molecule has 0 aliphatic rings. The van der Waals surface area contributed by atoms with E-state index in [9.17, 15) is 0 Å². The van der Waals surface area contributed by atoms with Gasteiger partial charge in [0, 0.05) is 17.1 Å². The molecule has 3 heterocycles. The quantitative estimate of drug-likeness (QED) is 0.610. The van der Waals surface area contributed by atoms with Gasteiger partial charge in [-0.25, -0.2) is 4.52 Å². The van der Waals surface area contributed by atoms with Crippen LogP contribution in [0.4, 0.5) is 0 Å². The van der Waals surface area contributed by atoms with Crippen molar-refractivity contribution in [3.05, 3.63) is 71.7 Å². The molecule has 1 atom stereocenters. The lowest BCUT2D eigenvalue weighted by molar-refractivity contribution is 0.526. The SMILES string of the molecule is Cc1ccc2oc(C(N)c3cnn4ccccc34)cc2c1. The summed E-state index contributed by atoms with van der Waals surface area (Å²) >= 11 is 0. The fourth-order valence-electron chi connectivity index (χ4n) is 2.68. The minimum Gasteiger partial charge on any atom is -0.459 e. The molecule has 104 valence electrons. The van der Waals surface area contributed by atoms with Crippen LogP contribution < -0.4 is 5.73 Å². The highest BCUT2D eigenvalue weighted by molar-refractivity contribution is 5.79. The third-order valence-electron chi connectivity index (χ3n) is 3.79. The molecule has 0 radical (unpaired) electrons. The van der Waals surface area contributed by atoms with Crippen LogP contribution in [0.25, 0.3) is 16.5 Å². The molecule has 0 fully saturated rings. The number of nitrogens with two attached hydrogens (primary N) is 1. The van der Waals surface area contributed by atoms with Crippen LogP contribution in [0.3, 0.4) is 0 Å². The Kier molecular flexibility index (Phi) is 2.59. The number of aromatic nitrogens is 2. The average molecular weight is 277 g/mol. The second kappa shape index (κ2) is 4.46. The maximum atomic E-state index is 6.38. The molecule has 0 aliphatic carbocycles. The van der Waals surface area contributed by atoms with Crippen LogP contribution in [-0.4, -0.2) is 9.61 Å². The van der Waals surface area contributed by atoms with Gasteiger partial charge < -0.3 is 10.2 Å². The fraction of sp³-hybridized carbons (Fsp3) is 0.118. The fourth-order valence-corrected chi connectivity index (χ4v) is 2.68. The average Bonchev–Trinajstić information content (AvgIpc) is 3.09. The summed E-state index contributed by atoms with van der Waals surface area (Å²) in [6.45, 7) is 2.07. The maximum absolute atomic E-state index is 6.38. The monoisotopic (exact) mass is 277 g/mol. The summed E-state index contributed by atoms with van der Waals surface area (Å²) in [4.78, 5) is 0. The highest BCUT2D eigenvalue weighted by Gasteiger charge is 2.18. The van der Waals surface area contributed by atoms with E-state index in [1.807, 2.05) is 47.1 Å². The summed E-state index contributed by atoms with van der Waals surface area (Å²) in [5, 5.41) is 5.41. The zero-order chi connectivity index (χ0) is 14.4. The van der Waals surface area contributed by atoms with Gasteiger partial charge in [0.2, 0.25) is 0 Å². The molecule has 0 aliphatic heterocycles. The van der Waals surface area contributed by atoms with Crippen LogP contribution in [0.2, 0.25) is 0 Å². The van der Waals surface area contributed by atoms with Crippen LogP contribution in [0.15, 0.2) is 59.3 Å². The highest BCUT2D eigenvalue weighted by atomic mass is 16.3. The predicted octanol–water partition coefficient (Wildman–Crippen LogP) is 3.44. The zero-order valence-corrected chi connectivity index (χ0v) is 11.7. The van der Waals surface area contributed by atoms with Gasteiger partial charge in [-0.3, -0.25) is 0 Å². The van der Waals surface area contributed by atoms with Gasteiger partial charge in [0.25, 0.3) is 0 Å². The van der Waals surface area contributed by atoms with Crippen molar-refractivity contribution in [3.8, 4) is 0 Å². The Hall–Kier alpha value is -2.59. The van der Waals surface area contributed by atoms with E-state index in [1.54, 1.807) is 6.20 Å². The highest BCUT2D eigenvalue weighted by Crippen LogP contribution is 2.29. The minimum absolute atomic E-state index is 0.322. The molecule has 3 aromatic heterocycles. The number of furan rings is 1. The molecule has 4 rings (SSSR count). The van der Waals surface area contributed by atoms with Crippen molar-refractivity contribution >= 4 is 16.5 Å². The van der Waals surface area contributed by atoms with Gasteiger partial charge in [0.1, 0.15) is 11.3 Å². The van der Waals surface area contributed by atoms with Gasteiger partial charge in [-0.1, -0.05) is 17.7 Å². The van der Waals surface area contributed by atoms with E-state index in [1.165, 1.54) is 5.56 Å². The Morgan fingerprint density at radius 3 is 3.00 bits per heavy atom. The summed E-state index contributed by atoms with van der Waals surface area (Å²) in [7, 11) is 0. The number of rotatable bonds is 2. The van der Waals surface area contributed by atoms with E-state index in [2.05, 4.69) is 18.1 Å². The molecule has 4 nitrogen and oxygen atoms in total. The first-order valence-corrected chi connectivity index (χ1v) is 6.90. The van der Waals surface area contributed by atoms with Crippen LogP contribution in [0, 0.1) is 6.92 Å². The van der Waals surface area contributed by atoms with Crippen molar-refractivity contribution in [2.75, 3.05) is 0 Å². The standard InChI is InChI=1S/C17H15N3O/c1-11-5-6-15-12(8-11)9-16(21-15)17(18)13-10-19-20-7-3-2-4-14(13)20/h2-10,17H,18H2,1H3. The molecule has 4 aromatic rings. The number of aryl methyl sites for hydroxylation is 1. The molecule has 0 bridgehead atoms. The largest absolute Gasteiger partial charge is 0.459 e. The third kappa shape index (κ3) is 1.92. The van der Waals surface area contributed by atoms with Crippen molar-refractivity contribution in [1.82, 2.24) is 9.61 Å². The van der Waals surface area contributed by atoms with Crippen molar-refractivity contribution in [2.45, 2.75) is 13.0 Å². The summed E-state index contributed by atoms with van der Waals surface area (Å²) in [6, 6.07) is 13.7. The van der Waals surface area contributed by atoms with Gasteiger partial charge in [0.05, 0.1) is 17.8 Å². The first-order valence-electron chi connectivity index (χ1n) is 6.90. The predicted molar refractivity (Wildman–Crippen MR) is 82.2 cm³/mol. The summed E-state index contributed by atoms with van der Waals surface area (Å²) in [6.07, 6.45) is 3.71. The Morgan fingerprint density at radius 1 is 1.19 bits per heavy atom. The summed E-state index contributed by atoms with van der Waals surface area (Å²) in [5.41, 5.74) is 10.4. The van der Waals surface area contributed by atoms with Gasteiger partial charge in [0.15, 0.2) is 0 Å². The Bertz CT molecular complexity index is 935. The van der Waals surface area contributed by atoms with Crippen LogP contribution >= 0.6 is 0 Å². The molecule has 0 saturated heterocycles. The van der Waals surface area contributed by atoms with Gasteiger partial charge in [-0.2, -0.15) is 5.10 Å². The van der Waals surface area contributed by atoms with E-state index < -0.39 is 0 Å². The molecule has 1 unspecified atom stereocenters. The zero-order valence-electron chi connectivity index (χ0n) is 11.7. The molecule has 2 N–H and O–H groups in total. The number of nitrogens with zero attached hydrogens (tertiary/aromatic N) is 2. The normalized spacial score (nSPS) is 13.0. The smallest absolute Gasteiger partial charge is 0.134 e. The number of hydrogen-bond acceptors (Lipinski definition) is 3. The van der Waals surface area contributed by atoms with Gasteiger partial charge >= 0.3 is 0 Å². The van der Waals surface area contributed by atoms with Gasteiger partial charge in [-0.15, -0.1) is 0 Å². The Morgan fingerprint density at radius 2 is 2.10 bits per heavy atom. The third-order valence-corrected chi connectivity index (χ3v) is 3.79.